The summed E-state index contributed by atoms with van der Waals surface area (Å²) in [5, 5.41) is 48.8. The van der Waals surface area contributed by atoms with Gasteiger partial charge in [-0.3, -0.25) is 54.3 Å². The number of rotatable bonds is 29. The van der Waals surface area contributed by atoms with Gasteiger partial charge in [0.15, 0.2) is 0 Å². The lowest BCUT2D eigenvalue weighted by atomic mass is 9.83. The number of aliphatic carboxylic acids is 1. The number of carboxylic acid groups (broad SMARTS) is 1. The van der Waals surface area contributed by atoms with Gasteiger partial charge in [-0.05, 0) is 149 Å². The summed E-state index contributed by atoms with van der Waals surface area (Å²) >= 11 is 0. The quantitative estimate of drug-likeness (QED) is 0.00979. The SMILES string of the molecule is COC(=O)C(C)(C)c1c(F)cc(N(Cc2ccc(OC)cc2)Cc2ccc(OC)cc2)cc1F.COC(=O)C(C)(C)c1c(F)cc(N)cc1F.COC(=O)C(C)(C)c1c(F)cc([N+](=O)[O-])cc1F.COC(=O)Cc1c(F)cc([N+](=O)[O-])cc1F.COc1ccc(CN(Cc2ccc(OC)cc2)c2cc(F)c(C(C)(C)CO)c(F)c2)cc1.O=C(O)Cc1c(F)cc([N+](=O)[O-])cc1F. The Kier molecular flexibility index (Phi) is 38.8. The van der Waals surface area contributed by atoms with Crippen LogP contribution in [0.3, 0.4) is 0 Å². The van der Waals surface area contributed by atoms with Crippen molar-refractivity contribution < 1.29 is 140 Å². The van der Waals surface area contributed by atoms with Crippen LogP contribution in [0.5, 0.6) is 23.0 Å². The molecule has 0 atom stereocenters. The molecule has 0 saturated heterocycles. The van der Waals surface area contributed by atoms with Crippen LogP contribution in [0, 0.1) is 100 Å². The number of carboxylic acids is 1. The summed E-state index contributed by atoms with van der Waals surface area (Å²) < 4.78 is 206. The van der Waals surface area contributed by atoms with Crippen LogP contribution in [0.15, 0.2) is 170 Å². The smallest absolute Gasteiger partial charge is 0.315 e. The Morgan fingerprint density at radius 3 is 0.779 bits per heavy atom. The van der Waals surface area contributed by atoms with E-state index in [1.165, 1.54) is 72.9 Å². The van der Waals surface area contributed by atoms with E-state index in [1.54, 1.807) is 42.3 Å². The highest BCUT2D eigenvalue weighted by Crippen LogP contribution is 2.39. The van der Waals surface area contributed by atoms with E-state index < -0.39 is 183 Å². The van der Waals surface area contributed by atoms with Crippen molar-refractivity contribution in [1.82, 2.24) is 0 Å². The first-order valence-corrected chi connectivity index (χ1v) is 38.6. The van der Waals surface area contributed by atoms with Crippen LogP contribution < -0.4 is 34.5 Å². The van der Waals surface area contributed by atoms with E-state index in [1.807, 2.05) is 107 Å². The Bertz CT molecular complexity index is 5480. The number of carbonyl (C=O) groups is 5. The third-order valence-corrected chi connectivity index (χ3v) is 19.8. The number of nitro groups is 3. The number of hydrogen-bond acceptors (Lipinski definition) is 23. The summed E-state index contributed by atoms with van der Waals surface area (Å²) in [5.41, 5.74) is -0.341. The van der Waals surface area contributed by atoms with E-state index >= 15 is 17.6 Å². The van der Waals surface area contributed by atoms with Crippen molar-refractivity contribution in [2.75, 3.05) is 79.0 Å². The van der Waals surface area contributed by atoms with Gasteiger partial charge in [0.05, 0.1) is 144 Å². The summed E-state index contributed by atoms with van der Waals surface area (Å²) in [5.74, 6) is -13.3. The molecule has 0 unspecified atom stereocenters. The minimum atomic E-state index is -1.57. The maximum atomic E-state index is 15.2. The van der Waals surface area contributed by atoms with Crippen molar-refractivity contribution in [3.8, 4) is 23.0 Å². The van der Waals surface area contributed by atoms with Gasteiger partial charge in [0.25, 0.3) is 17.1 Å². The molecule has 27 nitrogen and oxygen atoms in total. The Labute approximate surface area is 744 Å². The van der Waals surface area contributed by atoms with Gasteiger partial charge in [-0.25, -0.2) is 52.7 Å². The number of esters is 4. The van der Waals surface area contributed by atoms with Crippen LogP contribution in [0.1, 0.15) is 111 Å². The summed E-state index contributed by atoms with van der Waals surface area (Å²) in [6.45, 7) is 12.7. The molecular weight excluding hydrogens is 1750 g/mol. The highest BCUT2D eigenvalue weighted by atomic mass is 19.2. The normalized spacial score (nSPS) is 10.9. The Balaban J connectivity index is 0.000000288. The molecule has 0 heterocycles. The minimum Gasteiger partial charge on any atom is -0.497 e. The molecule has 0 aliphatic rings. The molecule has 10 aromatic carbocycles. The minimum absolute atomic E-state index is 0.0283. The number of nitrogens with two attached hydrogens (primary N) is 1. The van der Waals surface area contributed by atoms with Gasteiger partial charge < -0.3 is 63.6 Å². The number of non-ortho nitro benzene ring substituents is 3. The lowest BCUT2D eigenvalue weighted by molar-refractivity contribution is -0.385. The summed E-state index contributed by atoms with van der Waals surface area (Å²) in [6.07, 6.45) is -1.46. The van der Waals surface area contributed by atoms with E-state index in [4.69, 9.17) is 34.5 Å². The maximum Gasteiger partial charge on any atom is 0.315 e. The number of nitrogens with zero attached hydrogens (tertiary/aromatic N) is 5. The lowest BCUT2D eigenvalue weighted by Crippen LogP contribution is -2.33. The number of aliphatic hydroxyl groups excluding tert-OH is 1. The second-order valence-corrected chi connectivity index (χ2v) is 30.6. The molecule has 0 aromatic heterocycles. The molecule has 10 rings (SSSR count). The molecule has 0 aliphatic carbocycles. The van der Waals surface area contributed by atoms with Crippen LogP contribution in [-0.2, 0) is 104 Å². The number of ether oxygens (including phenoxy) is 8. The van der Waals surface area contributed by atoms with Gasteiger partial charge >= 0.3 is 29.8 Å². The second-order valence-electron chi connectivity index (χ2n) is 30.6. The van der Waals surface area contributed by atoms with Crippen LogP contribution in [0.25, 0.3) is 0 Å². The fraction of sp³-hybridized carbons (Fsp3) is 0.293. The van der Waals surface area contributed by atoms with Crippen LogP contribution in [0.2, 0.25) is 0 Å². The van der Waals surface area contributed by atoms with Gasteiger partial charge in [0, 0.05) is 82.0 Å². The average molecular weight is 1850 g/mol. The van der Waals surface area contributed by atoms with Crippen molar-refractivity contribution in [3.05, 3.63) is 326 Å². The van der Waals surface area contributed by atoms with Crippen LogP contribution >= 0.6 is 0 Å². The number of benzene rings is 10. The van der Waals surface area contributed by atoms with E-state index in [0.717, 1.165) is 78.7 Å². The van der Waals surface area contributed by atoms with Crippen molar-refractivity contribution in [2.24, 2.45) is 0 Å². The van der Waals surface area contributed by atoms with Crippen molar-refractivity contribution in [2.45, 2.75) is 116 Å². The molecule has 0 spiro atoms. The van der Waals surface area contributed by atoms with E-state index in [2.05, 4.69) is 14.2 Å². The van der Waals surface area contributed by atoms with E-state index in [0.29, 0.717) is 74.0 Å². The zero-order chi connectivity index (χ0) is 98.7. The largest absolute Gasteiger partial charge is 0.497 e. The number of nitro benzene ring substituents is 3. The molecule has 0 radical (unpaired) electrons. The predicted molar refractivity (Wildman–Crippen MR) is 457 cm³/mol. The molecule has 131 heavy (non-hydrogen) atoms. The Morgan fingerprint density at radius 2 is 0.565 bits per heavy atom. The first kappa shape index (κ1) is 107. The van der Waals surface area contributed by atoms with Gasteiger partial charge in [-0.15, -0.1) is 0 Å². The molecule has 0 fully saturated rings. The molecule has 39 heteroatoms. The number of carbonyl (C=O) groups excluding carboxylic acids is 4. The second kappa shape index (κ2) is 47.5. The molecule has 4 N–H and O–H groups in total. The van der Waals surface area contributed by atoms with Gasteiger partial charge in [-0.2, -0.15) is 0 Å². The number of nitrogen functional groups attached to an aromatic ring is 1. The van der Waals surface area contributed by atoms with E-state index in [-0.39, 0.29) is 29.0 Å². The summed E-state index contributed by atoms with van der Waals surface area (Å²) in [7, 11) is 10.9. The average Bonchev–Trinajstić information content (AvgIpc) is 0.783. The lowest BCUT2D eigenvalue weighted by Gasteiger charge is -2.28. The molecule has 10 aromatic rings. The molecule has 0 amide bonds. The molecule has 0 aliphatic heterocycles. The van der Waals surface area contributed by atoms with E-state index in [9.17, 15) is 94.5 Å². The highest BCUT2D eigenvalue weighted by Gasteiger charge is 2.40. The number of hydrogen-bond donors (Lipinski definition) is 3. The predicted octanol–water partition coefficient (Wildman–Crippen LogP) is 18.5. The highest BCUT2D eigenvalue weighted by molar-refractivity contribution is 5.84. The Hall–Kier alpha value is -14.5. The molecule has 702 valence electrons. The van der Waals surface area contributed by atoms with Crippen molar-refractivity contribution in [1.29, 1.82) is 0 Å². The number of methoxy groups -OCH3 is 8. The van der Waals surface area contributed by atoms with Crippen LogP contribution in [-0.4, -0.2) is 118 Å². The molecular formula is C92H94F12N6O21. The van der Waals surface area contributed by atoms with Gasteiger partial charge in [0.2, 0.25) is 0 Å². The molecule has 0 bridgehead atoms. The Morgan fingerprint density at radius 1 is 0.344 bits per heavy atom. The first-order valence-electron chi connectivity index (χ1n) is 38.6. The zero-order valence-electron chi connectivity index (χ0n) is 73.6. The third kappa shape index (κ3) is 29.0. The number of anilines is 3. The third-order valence-electron chi connectivity index (χ3n) is 19.8. The topological polar surface area (TPSA) is 362 Å². The van der Waals surface area contributed by atoms with Crippen molar-refractivity contribution >= 4 is 64.0 Å². The fourth-order valence-electron chi connectivity index (χ4n) is 12.7. The van der Waals surface area contributed by atoms with Crippen molar-refractivity contribution in [3.63, 3.8) is 0 Å². The van der Waals surface area contributed by atoms with Crippen LogP contribution in [0.4, 0.5) is 86.8 Å². The number of aliphatic hydroxyl groups is 1. The fourth-order valence-corrected chi connectivity index (χ4v) is 12.7. The van der Waals surface area contributed by atoms with Gasteiger partial charge in [-0.1, -0.05) is 62.4 Å². The first-order chi connectivity index (χ1) is 61.3. The summed E-state index contributed by atoms with van der Waals surface area (Å²) in [6, 6.07) is 40.5. The standard InChI is InChI=1S/C27H29F2NO4.C26H29F2NO3.C11H11F2NO4.C11H13F2NO2.C9H7F2NO4.C8H5F2NO4/c1-27(2,26(31)34-5)25-23(28)14-20(15-24(25)29)30(16-18-6-10-21(32-3)11-7-18)17-19-8-12-22(33-4)13-9-19;1-26(2,17-30)25-23(27)13-20(14-24(25)28)29(15-18-5-9-21(31-3)10-6-18)16-19-7-11-22(32-4)12-8-19;1-11(2,10(15)18-3)9-7(12)4-6(14(16)17)5-8(9)13;1-11(2,10(15)16-3)9-7(12)4-6(14)5-8(9)13;1-16-9(13)4-6-7(10)2-5(12(14)15)3-8(6)11;9-6-1-4(11(14)15)2-7(10)5(6)3-8(12)13/h6-15H,16-17H2,1-5H3;5-14,30H,15-17H2,1-4H3;4-5H,1-3H3;4-5H,14H2,1-3H3;2-3H,4H2,1H3;1-2H,3H2,(H,12,13). The maximum absolute atomic E-state index is 15.2. The zero-order valence-corrected chi connectivity index (χ0v) is 73.6. The monoisotopic (exact) mass is 1850 g/mol. The number of halogens is 12. The molecule has 0 saturated carbocycles. The van der Waals surface area contributed by atoms with Gasteiger partial charge in [0.1, 0.15) is 92.8 Å². The summed E-state index contributed by atoms with van der Waals surface area (Å²) in [4.78, 5) is 88.0.